The van der Waals surface area contributed by atoms with Crippen molar-refractivity contribution in [3.63, 3.8) is 0 Å². The van der Waals surface area contributed by atoms with Crippen LogP contribution in [-0.2, 0) is 7.05 Å². The van der Waals surface area contributed by atoms with Crippen molar-refractivity contribution >= 4 is 28.8 Å². The van der Waals surface area contributed by atoms with E-state index in [-0.39, 0.29) is 5.71 Å². The van der Waals surface area contributed by atoms with Crippen LogP contribution in [0.5, 0.6) is 0 Å². The monoisotopic (exact) mass is 446 g/mol. The van der Waals surface area contributed by atoms with Gasteiger partial charge in [0.25, 0.3) is 0 Å². The minimum Gasteiger partial charge on any atom is -0.366 e. The molecule has 1 atom stereocenters. The topological polar surface area (TPSA) is 122 Å². The van der Waals surface area contributed by atoms with Crippen molar-refractivity contribution in [3.05, 3.63) is 42.0 Å². The third kappa shape index (κ3) is 4.11. The van der Waals surface area contributed by atoms with Crippen LogP contribution in [0.25, 0.3) is 11.5 Å². The van der Waals surface area contributed by atoms with E-state index < -0.39 is 6.23 Å². The molecule has 11 heteroatoms. The van der Waals surface area contributed by atoms with E-state index in [4.69, 9.17) is 9.98 Å². The molecule has 0 amide bonds. The predicted octanol–water partition coefficient (Wildman–Crippen LogP) is 2.05. The molecular weight excluding hydrogens is 420 g/mol. The number of fused-ring (bicyclic) bond motifs is 1. The van der Waals surface area contributed by atoms with E-state index in [9.17, 15) is 5.11 Å². The van der Waals surface area contributed by atoms with E-state index in [1.165, 1.54) is 4.79 Å². The van der Waals surface area contributed by atoms with Gasteiger partial charge in [0.2, 0.25) is 17.9 Å². The molecule has 3 aromatic rings. The minimum atomic E-state index is -1.30. The number of aliphatic hydroxyl groups is 1. The van der Waals surface area contributed by atoms with E-state index in [0.717, 1.165) is 30.3 Å². The number of hydrogen-bond acceptors (Lipinski definition) is 9. The number of anilines is 1. The number of aryl methyl sites for hydroxylation is 3. The van der Waals surface area contributed by atoms with E-state index in [0.29, 0.717) is 28.7 Å². The van der Waals surface area contributed by atoms with Gasteiger partial charge >= 0.3 is 0 Å². The average molecular weight is 447 g/mol. The molecule has 0 aromatic carbocycles. The molecule has 0 bridgehead atoms. The van der Waals surface area contributed by atoms with Crippen LogP contribution in [0.2, 0.25) is 0 Å². The Labute approximate surface area is 191 Å². The molecule has 0 saturated carbocycles. The molecule has 1 aliphatic heterocycles. The van der Waals surface area contributed by atoms with Gasteiger partial charge in [-0.05, 0) is 58.3 Å². The SMILES string of the molecule is C=C=NC(O)C1=Nn2nc(-c3cc(C)n(C)n3)nc2C1=Nc1ccc(N(CC)CC)nc1C. The zero-order valence-electron chi connectivity index (χ0n) is 19.4. The van der Waals surface area contributed by atoms with E-state index in [1.807, 2.05) is 39.1 Å². The van der Waals surface area contributed by atoms with Crippen molar-refractivity contribution in [2.75, 3.05) is 18.0 Å². The van der Waals surface area contributed by atoms with Crippen molar-refractivity contribution in [3.8, 4) is 11.5 Å². The summed E-state index contributed by atoms with van der Waals surface area (Å²) in [4.78, 5) is 21.4. The fourth-order valence-corrected chi connectivity index (χ4v) is 3.50. The maximum atomic E-state index is 10.5. The molecule has 0 spiro atoms. The number of rotatable bonds is 7. The van der Waals surface area contributed by atoms with Crippen LogP contribution in [0.15, 0.2) is 39.9 Å². The Morgan fingerprint density at radius 1 is 1.18 bits per heavy atom. The Morgan fingerprint density at radius 3 is 2.55 bits per heavy atom. The van der Waals surface area contributed by atoms with E-state index in [2.05, 4.69) is 56.5 Å². The lowest BCUT2D eigenvalue weighted by molar-refractivity contribution is 0.255. The molecule has 1 N–H and O–H groups in total. The summed E-state index contributed by atoms with van der Waals surface area (Å²) in [5.41, 5.74) is 3.54. The summed E-state index contributed by atoms with van der Waals surface area (Å²) in [5.74, 6) is 4.03. The van der Waals surface area contributed by atoms with Crippen molar-refractivity contribution in [1.82, 2.24) is 29.6 Å². The highest BCUT2D eigenvalue weighted by Gasteiger charge is 2.32. The first-order chi connectivity index (χ1) is 15.9. The first kappa shape index (κ1) is 22.3. The van der Waals surface area contributed by atoms with E-state index in [1.54, 1.807) is 4.68 Å². The molecule has 0 saturated heterocycles. The van der Waals surface area contributed by atoms with Gasteiger partial charge in [-0.15, -0.1) is 15.0 Å². The number of pyridine rings is 1. The lowest BCUT2D eigenvalue weighted by Gasteiger charge is -2.20. The molecule has 0 radical (unpaired) electrons. The third-order valence-corrected chi connectivity index (χ3v) is 5.41. The van der Waals surface area contributed by atoms with Crippen LogP contribution in [0, 0.1) is 13.8 Å². The van der Waals surface area contributed by atoms with Gasteiger partial charge in [0.05, 0.1) is 11.4 Å². The van der Waals surface area contributed by atoms with Crippen LogP contribution in [0.3, 0.4) is 0 Å². The van der Waals surface area contributed by atoms with Gasteiger partial charge in [-0.25, -0.2) is 20.0 Å². The quantitative estimate of drug-likeness (QED) is 0.554. The predicted molar refractivity (Wildman–Crippen MR) is 128 cm³/mol. The Morgan fingerprint density at radius 2 is 1.94 bits per heavy atom. The molecule has 4 heterocycles. The highest BCUT2D eigenvalue weighted by Crippen LogP contribution is 2.25. The van der Waals surface area contributed by atoms with Crippen molar-refractivity contribution in [2.24, 2.45) is 22.1 Å². The summed E-state index contributed by atoms with van der Waals surface area (Å²) >= 11 is 0. The number of aromatic nitrogens is 6. The van der Waals surface area contributed by atoms with Gasteiger partial charge in [0.1, 0.15) is 22.9 Å². The molecule has 4 rings (SSSR count). The van der Waals surface area contributed by atoms with Crippen LogP contribution in [0.1, 0.15) is 31.1 Å². The van der Waals surface area contributed by atoms with Crippen LogP contribution < -0.4 is 4.90 Å². The van der Waals surface area contributed by atoms with Gasteiger partial charge in [0, 0.05) is 25.8 Å². The molecular formula is C22H26N10O. The molecule has 0 aliphatic carbocycles. The molecule has 11 nitrogen and oxygen atoms in total. The summed E-state index contributed by atoms with van der Waals surface area (Å²) in [6, 6.07) is 5.71. The summed E-state index contributed by atoms with van der Waals surface area (Å²) in [6.45, 7) is 13.2. The molecule has 170 valence electrons. The van der Waals surface area contributed by atoms with Gasteiger partial charge < -0.3 is 10.0 Å². The second-order valence-corrected chi connectivity index (χ2v) is 7.50. The van der Waals surface area contributed by atoms with Crippen LogP contribution >= 0.6 is 0 Å². The average Bonchev–Trinajstić information content (AvgIpc) is 3.44. The van der Waals surface area contributed by atoms with Gasteiger partial charge in [-0.1, -0.05) is 0 Å². The molecule has 33 heavy (non-hydrogen) atoms. The number of aliphatic hydroxyl groups excluding tert-OH is 1. The molecule has 1 aliphatic rings. The van der Waals surface area contributed by atoms with Crippen LogP contribution in [-0.4, -0.2) is 71.4 Å². The maximum Gasteiger partial charge on any atom is 0.204 e. The zero-order valence-corrected chi connectivity index (χ0v) is 19.4. The maximum absolute atomic E-state index is 10.5. The fraction of sp³-hybridized carbons (Fsp3) is 0.364. The number of hydrogen-bond donors (Lipinski definition) is 1. The number of nitrogens with zero attached hydrogens (tertiary/aromatic N) is 10. The lowest BCUT2D eigenvalue weighted by Crippen LogP contribution is -2.25. The Kier molecular flexibility index (Phi) is 5.99. The second kappa shape index (κ2) is 8.89. The van der Waals surface area contributed by atoms with Crippen molar-refractivity contribution < 1.29 is 5.11 Å². The first-order valence-electron chi connectivity index (χ1n) is 10.6. The largest absolute Gasteiger partial charge is 0.366 e. The van der Waals surface area contributed by atoms with Gasteiger partial charge in [-0.3, -0.25) is 4.68 Å². The zero-order chi connectivity index (χ0) is 23.7. The normalized spacial score (nSPS) is 14.7. The Balaban J connectivity index is 1.80. The Hall–Kier alpha value is -3.95. The smallest absolute Gasteiger partial charge is 0.204 e. The number of aliphatic imine (C=N–C) groups is 2. The second-order valence-electron chi connectivity index (χ2n) is 7.50. The minimum absolute atomic E-state index is 0.206. The van der Waals surface area contributed by atoms with Crippen LogP contribution in [0.4, 0.5) is 11.5 Å². The lowest BCUT2D eigenvalue weighted by atomic mass is 10.2. The summed E-state index contributed by atoms with van der Waals surface area (Å²) in [5, 5.41) is 23.7. The summed E-state index contributed by atoms with van der Waals surface area (Å²) < 4.78 is 1.75. The van der Waals surface area contributed by atoms with Gasteiger partial charge in [0.15, 0.2) is 0 Å². The highest BCUT2D eigenvalue weighted by atomic mass is 16.3. The Bertz CT molecular complexity index is 1290. The fourth-order valence-electron chi connectivity index (χ4n) is 3.50. The van der Waals surface area contributed by atoms with Crippen molar-refractivity contribution in [2.45, 2.75) is 33.9 Å². The van der Waals surface area contributed by atoms with Gasteiger partial charge in [-0.2, -0.15) is 5.10 Å². The van der Waals surface area contributed by atoms with E-state index >= 15 is 0 Å². The highest BCUT2D eigenvalue weighted by molar-refractivity contribution is 6.50. The molecule has 0 fully saturated rings. The first-order valence-corrected chi connectivity index (χ1v) is 10.6. The molecule has 3 aromatic heterocycles. The third-order valence-electron chi connectivity index (χ3n) is 5.41. The summed E-state index contributed by atoms with van der Waals surface area (Å²) in [7, 11) is 1.85. The summed E-state index contributed by atoms with van der Waals surface area (Å²) in [6.07, 6.45) is -1.30. The van der Waals surface area contributed by atoms with Crippen molar-refractivity contribution in [1.29, 1.82) is 0 Å². The standard InChI is InChI=1S/C22H26N10O/c1-7-23-22(33)19-18(25-15-10-11-17(24-14(15)5)31(8-2)9-3)21-26-20(29-32(21)28-19)16-12-13(4)30(6)27-16/h10-12,22,33H,1,8-9H2,2-6H3. The molecule has 1 unspecified atom stereocenters.